The molecule has 0 spiro atoms. The van der Waals surface area contributed by atoms with Gasteiger partial charge in [0.1, 0.15) is 5.82 Å². The number of hydrogen-bond acceptors (Lipinski definition) is 5. The molecule has 0 unspecified atom stereocenters. The number of nitrogens with one attached hydrogen (secondary N) is 1. The third-order valence-corrected chi connectivity index (χ3v) is 7.29. The van der Waals surface area contributed by atoms with Crippen molar-refractivity contribution in [1.82, 2.24) is 20.2 Å². The summed E-state index contributed by atoms with van der Waals surface area (Å²) in [4.78, 5) is 26.8. The Bertz CT molecular complexity index is 832. The number of amides is 1. The summed E-state index contributed by atoms with van der Waals surface area (Å²) in [6.07, 6.45) is 11.2. The molecule has 3 aliphatic rings. The molecule has 2 aliphatic heterocycles. The van der Waals surface area contributed by atoms with Gasteiger partial charge in [-0.3, -0.25) is 4.79 Å². The number of carbonyl (C=O) groups excluding carboxylic acids is 1. The minimum atomic E-state index is 0.181. The fourth-order valence-corrected chi connectivity index (χ4v) is 5.73. The molecule has 2 aromatic rings. The number of aromatic nitrogens is 2. The lowest BCUT2D eigenvalue weighted by Gasteiger charge is -2.28. The molecular formula is C21H26N4OS. The molecule has 1 atom stereocenters. The van der Waals surface area contributed by atoms with Gasteiger partial charge in [-0.25, -0.2) is 9.97 Å². The van der Waals surface area contributed by atoms with Gasteiger partial charge in [-0.15, -0.1) is 11.3 Å². The predicted octanol–water partition coefficient (Wildman–Crippen LogP) is 3.43. The lowest BCUT2D eigenvalue weighted by Crippen LogP contribution is -2.36. The van der Waals surface area contributed by atoms with E-state index in [1.807, 2.05) is 11.1 Å². The number of hydrogen-bond donors (Lipinski definition) is 1. The molecule has 0 bridgehead atoms. The standard InChI is InChI=1S/C21H26N4OS/c26-21(19-11-14-5-2-1-3-7-18(14)27-19)25-10-8-16-15(13-25)12-23-20(24-16)17-6-4-9-22-17/h11-12,17,22H,1-10,13H2/t17-/m0/s1. The summed E-state index contributed by atoms with van der Waals surface area (Å²) >= 11 is 1.72. The third kappa shape index (κ3) is 3.41. The summed E-state index contributed by atoms with van der Waals surface area (Å²) in [7, 11) is 0. The number of aryl methyl sites for hydroxylation is 2. The molecule has 6 heteroatoms. The van der Waals surface area contributed by atoms with Crippen molar-refractivity contribution in [2.24, 2.45) is 0 Å². The Morgan fingerprint density at radius 1 is 1.15 bits per heavy atom. The van der Waals surface area contributed by atoms with Gasteiger partial charge in [0.25, 0.3) is 5.91 Å². The smallest absolute Gasteiger partial charge is 0.264 e. The zero-order valence-electron chi connectivity index (χ0n) is 15.7. The molecule has 2 aromatic heterocycles. The highest BCUT2D eigenvalue weighted by Crippen LogP contribution is 2.31. The second kappa shape index (κ2) is 7.32. The van der Waals surface area contributed by atoms with Gasteiger partial charge in [-0.1, -0.05) is 6.42 Å². The van der Waals surface area contributed by atoms with Crippen LogP contribution in [0.4, 0.5) is 0 Å². The molecule has 1 fully saturated rings. The van der Waals surface area contributed by atoms with Gasteiger partial charge in [0.2, 0.25) is 0 Å². The molecule has 1 aliphatic carbocycles. The number of thiophene rings is 1. The van der Waals surface area contributed by atoms with Gasteiger partial charge in [-0.2, -0.15) is 0 Å². The van der Waals surface area contributed by atoms with Crippen LogP contribution in [0.25, 0.3) is 0 Å². The molecule has 0 saturated carbocycles. The normalized spacial score (nSPS) is 22.2. The van der Waals surface area contributed by atoms with Crippen molar-refractivity contribution in [1.29, 1.82) is 0 Å². The minimum absolute atomic E-state index is 0.181. The van der Waals surface area contributed by atoms with Crippen LogP contribution in [0, 0.1) is 0 Å². The van der Waals surface area contributed by atoms with Crippen LogP contribution in [0.5, 0.6) is 0 Å². The van der Waals surface area contributed by atoms with Crippen molar-refractivity contribution in [2.45, 2.75) is 64.0 Å². The summed E-state index contributed by atoms with van der Waals surface area (Å²) in [5.74, 6) is 1.10. The molecule has 142 valence electrons. The Labute approximate surface area is 164 Å². The molecule has 5 rings (SSSR count). The highest BCUT2D eigenvalue weighted by Gasteiger charge is 2.27. The van der Waals surface area contributed by atoms with E-state index in [1.165, 1.54) is 36.1 Å². The van der Waals surface area contributed by atoms with E-state index in [9.17, 15) is 4.79 Å². The second-order valence-corrected chi connectivity index (χ2v) is 9.08. The number of carbonyl (C=O) groups is 1. The Morgan fingerprint density at radius 2 is 2.07 bits per heavy atom. The molecule has 27 heavy (non-hydrogen) atoms. The minimum Gasteiger partial charge on any atom is -0.333 e. The van der Waals surface area contributed by atoms with Crippen LogP contribution < -0.4 is 5.32 Å². The fraction of sp³-hybridized carbons (Fsp3) is 0.571. The van der Waals surface area contributed by atoms with Crippen LogP contribution in [0.15, 0.2) is 12.3 Å². The van der Waals surface area contributed by atoms with E-state index in [4.69, 9.17) is 4.98 Å². The Balaban J connectivity index is 1.32. The first-order valence-electron chi connectivity index (χ1n) is 10.3. The maximum absolute atomic E-state index is 13.1. The lowest BCUT2D eigenvalue weighted by molar-refractivity contribution is 0.0738. The molecule has 1 saturated heterocycles. The molecule has 4 heterocycles. The summed E-state index contributed by atoms with van der Waals surface area (Å²) in [6.45, 7) is 2.44. The van der Waals surface area contributed by atoms with Crippen molar-refractivity contribution in [3.05, 3.63) is 44.7 Å². The van der Waals surface area contributed by atoms with E-state index < -0.39 is 0 Å². The number of fused-ring (bicyclic) bond motifs is 2. The van der Waals surface area contributed by atoms with E-state index >= 15 is 0 Å². The molecule has 5 nitrogen and oxygen atoms in total. The Hall–Kier alpha value is -1.79. The summed E-state index contributed by atoms with van der Waals surface area (Å²) in [6, 6.07) is 2.46. The molecular weight excluding hydrogens is 356 g/mol. The van der Waals surface area contributed by atoms with E-state index in [-0.39, 0.29) is 5.91 Å². The van der Waals surface area contributed by atoms with E-state index in [0.29, 0.717) is 12.6 Å². The summed E-state index contributed by atoms with van der Waals surface area (Å²) in [5, 5.41) is 3.47. The first-order chi connectivity index (χ1) is 13.3. The molecule has 1 N–H and O–H groups in total. The topological polar surface area (TPSA) is 58.1 Å². The van der Waals surface area contributed by atoms with Crippen LogP contribution in [-0.4, -0.2) is 33.9 Å². The van der Waals surface area contributed by atoms with Crippen molar-refractivity contribution >= 4 is 17.2 Å². The molecule has 0 radical (unpaired) electrons. The third-order valence-electron chi connectivity index (χ3n) is 6.07. The zero-order chi connectivity index (χ0) is 18.2. The van der Waals surface area contributed by atoms with Gasteiger partial charge >= 0.3 is 0 Å². The van der Waals surface area contributed by atoms with Gasteiger partial charge in [0, 0.05) is 36.1 Å². The SMILES string of the molecule is O=C(c1cc2c(s1)CCCCC2)N1CCc2nc([C@@H]3CCCN3)ncc2C1. The largest absolute Gasteiger partial charge is 0.333 e. The van der Waals surface area contributed by atoms with Crippen LogP contribution in [0.3, 0.4) is 0 Å². The monoisotopic (exact) mass is 382 g/mol. The lowest BCUT2D eigenvalue weighted by atomic mass is 10.1. The van der Waals surface area contributed by atoms with Gasteiger partial charge in [0.15, 0.2) is 0 Å². The summed E-state index contributed by atoms with van der Waals surface area (Å²) in [5.41, 5.74) is 3.64. The molecule has 1 amide bonds. The number of nitrogens with zero attached hydrogens (tertiary/aromatic N) is 3. The van der Waals surface area contributed by atoms with Crippen LogP contribution in [0.2, 0.25) is 0 Å². The zero-order valence-corrected chi connectivity index (χ0v) is 16.5. The van der Waals surface area contributed by atoms with E-state index in [0.717, 1.165) is 60.7 Å². The van der Waals surface area contributed by atoms with Gasteiger partial charge in [0.05, 0.1) is 16.6 Å². The maximum Gasteiger partial charge on any atom is 0.264 e. The van der Waals surface area contributed by atoms with Crippen molar-refractivity contribution in [3.8, 4) is 0 Å². The summed E-state index contributed by atoms with van der Waals surface area (Å²) < 4.78 is 0. The highest BCUT2D eigenvalue weighted by atomic mass is 32.1. The van der Waals surface area contributed by atoms with Crippen LogP contribution >= 0.6 is 11.3 Å². The first kappa shape index (κ1) is 17.3. The number of rotatable bonds is 2. The average molecular weight is 383 g/mol. The van der Waals surface area contributed by atoms with Crippen LogP contribution in [0.1, 0.15) is 75.3 Å². The average Bonchev–Trinajstić information content (AvgIpc) is 3.33. The maximum atomic E-state index is 13.1. The first-order valence-corrected chi connectivity index (χ1v) is 11.1. The van der Waals surface area contributed by atoms with Crippen molar-refractivity contribution < 1.29 is 4.79 Å². The van der Waals surface area contributed by atoms with E-state index in [1.54, 1.807) is 11.3 Å². The fourth-order valence-electron chi connectivity index (χ4n) is 4.51. The van der Waals surface area contributed by atoms with Crippen LogP contribution in [-0.2, 0) is 25.8 Å². The van der Waals surface area contributed by atoms with Crippen molar-refractivity contribution in [3.63, 3.8) is 0 Å². The van der Waals surface area contributed by atoms with E-state index in [2.05, 4.69) is 16.4 Å². The predicted molar refractivity (Wildman–Crippen MR) is 106 cm³/mol. The highest BCUT2D eigenvalue weighted by molar-refractivity contribution is 7.14. The van der Waals surface area contributed by atoms with Gasteiger partial charge in [-0.05, 0) is 56.7 Å². The van der Waals surface area contributed by atoms with Gasteiger partial charge < -0.3 is 10.2 Å². The molecule has 0 aromatic carbocycles. The Morgan fingerprint density at radius 3 is 2.96 bits per heavy atom. The Kier molecular flexibility index (Phi) is 4.70. The van der Waals surface area contributed by atoms with Crippen molar-refractivity contribution in [2.75, 3.05) is 13.1 Å². The second-order valence-electron chi connectivity index (χ2n) is 7.95. The quantitative estimate of drug-likeness (QED) is 0.809.